The number of thioether (sulfide) groups is 1. The van der Waals surface area contributed by atoms with E-state index in [4.69, 9.17) is 4.74 Å². The van der Waals surface area contributed by atoms with E-state index in [1.807, 2.05) is 47.5 Å². The number of nitrogens with zero attached hydrogens (tertiary/aromatic N) is 3. The fourth-order valence-corrected chi connectivity index (χ4v) is 3.74. The molecule has 1 amide bonds. The lowest BCUT2D eigenvalue weighted by molar-refractivity contribution is -0.115. The SMILES string of the molecule is COc1ccc(-c2csc(NC(=O)CCSc3nccn3C)n2)cc1. The number of methoxy groups -OCH3 is 1. The van der Waals surface area contributed by atoms with E-state index in [0.717, 1.165) is 22.2 Å². The zero-order valence-corrected chi connectivity index (χ0v) is 15.6. The van der Waals surface area contributed by atoms with Crippen molar-refractivity contribution in [2.75, 3.05) is 18.2 Å². The second kappa shape index (κ2) is 8.17. The molecule has 0 saturated heterocycles. The van der Waals surface area contributed by atoms with Crippen LogP contribution in [0.5, 0.6) is 5.75 Å². The highest BCUT2D eigenvalue weighted by Crippen LogP contribution is 2.26. The Balaban J connectivity index is 1.51. The second-order valence-electron chi connectivity index (χ2n) is 5.23. The van der Waals surface area contributed by atoms with Gasteiger partial charge in [-0.3, -0.25) is 4.79 Å². The van der Waals surface area contributed by atoms with E-state index in [2.05, 4.69) is 15.3 Å². The van der Waals surface area contributed by atoms with Crippen molar-refractivity contribution in [3.8, 4) is 17.0 Å². The first-order valence-corrected chi connectivity index (χ1v) is 9.52. The summed E-state index contributed by atoms with van der Waals surface area (Å²) in [5.41, 5.74) is 1.83. The molecule has 0 fully saturated rings. The molecule has 1 aromatic carbocycles. The molecule has 0 aliphatic heterocycles. The molecule has 0 radical (unpaired) electrons. The van der Waals surface area contributed by atoms with Crippen molar-refractivity contribution in [2.24, 2.45) is 7.05 Å². The molecule has 0 unspecified atom stereocenters. The maximum absolute atomic E-state index is 12.1. The molecule has 1 N–H and O–H groups in total. The highest BCUT2D eigenvalue weighted by molar-refractivity contribution is 7.99. The van der Waals surface area contributed by atoms with Crippen molar-refractivity contribution in [3.63, 3.8) is 0 Å². The molecule has 0 atom stereocenters. The lowest BCUT2D eigenvalue weighted by Gasteiger charge is -2.03. The molecule has 8 heteroatoms. The standard InChI is InChI=1S/C17H18N4O2S2/c1-21-9-8-18-17(21)24-10-7-15(22)20-16-19-14(11-25-16)12-3-5-13(23-2)6-4-12/h3-6,8-9,11H,7,10H2,1-2H3,(H,19,20,22). The van der Waals surface area contributed by atoms with Gasteiger partial charge in [0.2, 0.25) is 5.91 Å². The predicted octanol–water partition coefficient (Wildman–Crippen LogP) is 3.67. The van der Waals surface area contributed by atoms with Crippen molar-refractivity contribution in [1.82, 2.24) is 14.5 Å². The lowest BCUT2D eigenvalue weighted by Crippen LogP contribution is -2.12. The highest BCUT2D eigenvalue weighted by Gasteiger charge is 2.09. The van der Waals surface area contributed by atoms with Gasteiger partial charge in [-0.2, -0.15) is 0 Å². The predicted molar refractivity (Wildman–Crippen MR) is 101 cm³/mol. The van der Waals surface area contributed by atoms with Crippen LogP contribution in [0.3, 0.4) is 0 Å². The van der Waals surface area contributed by atoms with Crippen LogP contribution in [0.1, 0.15) is 6.42 Å². The summed E-state index contributed by atoms with van der Waals surface area (Å²) in [5, 5.41) is 6.30. The minimum Gasteiger partial charge on any atom is -0.497 e. The fraction of sp³-hybridized carbons (Fsp3) is 0.235. The summed E-state index contributed by atoms with van der Waals surface area (Å²) in [7, 11) is 3.57. The molecule has 0 saturated carbocycles. The largest absolute Gasteiger partial charge is 0.497 e. The molecule has 130 valence electrons. The van der Waals surface area contributed by atoms with E-state index in [1.54, 1.807) is 25.1 Å². The Kier molecular flexibility index (Phi) is 5.72. The van der Waals surface area contributed by atoms with E-state index in [9.17, 15) is 4.79 Å². The molecule has 0 aliphatic rings. The summed E-state index contributed by atoms with van der Waals surface area (Å²) in [6.07, 6.45) is 4.05. The summed E-state index contributed by atoms with van der Waals surface area (Å²) in [4.78, 5) is 20.7. The molecular formula is C17H18N4O2S2. The summed E-state index contributed by atoms with van der Waals surface area (Å²) in [6, 6.07) is 7.68. The number of anilines is 1. The molecule has 2 aromatic heterocycles. The van der Waals surface area contributed by atoms with Crippen molar-refractivity contribution in [2.45, 2.75) is 11.6 Å². The van der Waals surface area contributed by atoms with Gasteiger partial charge < -0.3 is 14.6 Å². The summed E-state index contributed by atoms with van der Waals surface area (Å²) < 4.78 is 7.09. The monoisotopic (exact) mass is 374 g/mol. The van der Waals surface area contributed by atoms with Crippen LogP contribution in [0.15, 0.2) is 47.2 Å². The zero-order valence-electron chi connectivity index (χ0n) is 13.9. The van der Waals surface area contributed by atoms with Gasteiger partial charge in [-0.15, -0.1) is 11.3 Å². The number of aromatic nitrogens is 3. The number of carbonyl (C=O) groups excluding carboxylic acids is 1. The van der Waals surface area contributed by atoms with Crippen LogP contribution in [-0.2, 0) is 11.8 Å². The van der Waals surface area contributed by atoms with Gasteiger partial charge >= 0.3 is 0 Å². The number of hydrogen-bond donors (Lipinski definition) is 1. The van der Waals surface area contributed by atoms with Crippen molar-refractivity contribution >= 4 is 34.1 Å². The van der Waals surface area contributed by atoms with Gasteiger partial charge in [-0.1, -0.05) is 11.8 Å². The first-order valence-electron chi connectivity index (χ1n) is 7.65. The molecule has 3 aromatic rings. The Labute approximate surface area is 154 Å². The van der Waals surface area contributed by atoms with Gasteiger partial charge in [0.05, 0.1) is 12.8 Å². The number of aryl methyl sites for hydroxylation is 1. The van der Waals surface area contributed by atoms with Crippen molar-refractivity contribution in [3.05, 3.63) is 42.0 Å². The number of amides is 1. The van der Waals surface area contributed by atoms with E-state index < -0.39 is 0 Å². The van der Waals surface area contributed by atoms with E-state index >= 15 is 0 Å². The van der Waals surface area contributed by atoms with Gasteiger partial charge in [0, 0.05) is 42.6 Å². The third-order valence-electron chi connectivity index (χ3n) is 3.47. The minimum absolute atomic E-state index is 0.0441. The van der Waals surface area contributed by atoms with Gasteiger partial charge in [-0.05, 0) is 24.3 Å². The molecule has 25 heavy (non-hydrogen) atoms. The maximum atomic E-state index is 12.1. The minimum atomic E-state index is -0.0441. The number of nitrogens with one attached hydrogen (secondary N) is 1. The van der Waals surface area contributed by atoms with Crippen LogP contribution in [-0.4, -0.2) is 33.3 Å². The Morgan fingerprint density at radius 1 is 1.36 bits per heavy atom. The number of carbonyl (C=O) groups is 1. The van der Waals surface area contributed by atoms with Crippen molar-refractivity contribution in [1.29, 1.82) is 0 Å². The average molecular weight is 374 g/mol. The topological polar surface area (TPSA) is 69.0 Å². The Bertz CT molecular complexity index is 842. The third-order valence-corrected chi connectivity index (χ3v) is 5.29. The first-order chi connectivity index (χ1) is 12.2. The highest BCUT2D eigenvalue weighted by atomic mass is 32.2. The third kappa shape index (κ3) is 4.61. The average Bonchev–Trinajstić information content (AvgIpc) is 3.24. The Hall–Kier alpha value is -2.32. The quantitative estimate of drug-likeness (QED) is 0.639. The van der Waals surface area contributed by atoms with Crippen LogP contribution in [0, 0.1) is 0 Å². The molecule has 2 heterocycles. The van der Waals surface area contributed by atoms with Crippen LogP contribution in [0.25, 0.3) is 11.3 Å². The first kappa shape index (κ1) is 17.5. The molecule has 0 spiro atoms. The van der Waals surface area contributed by atoms with Crippen LogP contribution in [0.4, 0.5) is 5.13 Å². The van der Waals surface area contributed by atoms with E-state index in [0.29, 0.717) is 17.3 Å². The van der Waals surface area contributed by atoms with Gasteiger partial charge in [0.15, 0.2) is 10.3 Å². The number of ether oxygens (including phenoxy) is 1. The normalized spacial score (nSPS) is 10.6. The Morgan fingerprint density at radius 2 is 2.16 bits per heavy atom. The fourth-order valence-electron chi connectivity index (χ4n) is 2.13. The van der Waals surface area contributed by atoms with E-state index in [1.165, 1.54) is 11.3 Å². The summed E-state index contributed by atoms with van der Waals surface area (Å²) in [6.45, 7) is 0. The number of hydrogen-bond acceptors (Lipinski definition) is 6. The van der Waals surface area contributed by atoms with Crippen molar-refractivity contribution < 1.29 is 9.53 Å². The number of benzene rings is 1. The number of imidazole rings is 1. The van der Waals surface area contributed by atoms with Gasteiger partial charge in [0.25, 0.3) is 0 Å². The maximum Gasteiger partial charge on any atom is 0.226 e. The number of rotatable bonds is 7. The second-order valence-corrected chi connectivity index (χ2v) is 7.15. The molecular weight excluding hydrogens is 356 g/mol. The zero-order chi connectivity index (χ0) is 17.6. The summed E-state index contributed by atoms with van der Waals surface area (Å²) in [5.74, 6) is 1.43. The lowest BCUT2D eigenvalue weighted by atomic mass is 10.2. The van der Waals surface area contributed by atoms with Crippen LogP contribution in [0.2, 0.25) is 0 Å². The van der Waals surface area contributed by atoms with E-state index in [-0.39, 0.29) is 5.91 Å². The van der Waals surface area contributed by atoms with Gasteiger partial charge in [-0.25, -0.2) is 9.97 Å². The van der Waals surface area contributed by atoms with Crippen LogP contribution >= 0.6 is 23.1 Å². The summed E-state index contributed by atoms with van der Waals surface area (Å²) >= 11 is 2.98. The molecule has 6 nitrogen and oxygen atoms in total. The molecule has 3 rings (SSSR count). The molecule has 0 aliphatic carbocycles. The smallest absolute Gasteiger partial charge is 0.226 e. The van der Waals surface area contributed by atoms with Gasteiger partial charge in [0.1, 0.15) is 5.75 Å². The number of thiazole rings is 1. The van der Waals surface area contributed by atoms with Crippen LogP contribution < -0.4 is 10.1 Å². The molecule has 0 bridgehead atoms. The Morgan fingerprint density at radius 3 is 2.84 bits per heavy atom.